The Balaban J connectivity index is 1.76. The number of aliphatic imine (C=N–C) groups is 1. The number of nitrogens with two attached hydrogens (primary N) is 4. The van der Waals surface area contributed by atoms with Crippen LogP contribution in [0.4, 0.5) is 0 Å². The first-order valence-electron chi connectivity index (χ1n) is 23.0. The molecule has 0 aromatic heterocycles. The van der Waals surface area contributed by atoms with E-state index in [1.165, 1.54) is 21.6 Å². The van der Waals surface area contributed by atoms with Crippen LogP contribution in [0.1, 0.15) is 82.8 Å². The van der Waals surface area contributed by atoms with E-state index in [9.17, 15) is 38.4 Å². The third-order valence-corrected chi connectivity index (χ3v) is 14.8. The third-order valence-electron chi connectivity index (χ3n) is 11.5. The minimum absolute atomic E-state index is 0.0162. The fourth-order valence-electron chi connectivity index (χ4n) is 7.92. The van der Waals surface area contributed by atoms with Gasteiger partial charge in [0.05, 0.1) is 6.42 Å². The van der Waals surface area contributed by atoms with Gasteiger partial charge in [-0.1, -0.05) is 115 Å². The molecule has 20 nitrogen and oxygen atoms in total. The van der Waals surface area contributed by atoms with Crippen molar-refractivity contribution < 1.29 is 38.4 Å². The third kappa shape index (κ3) is 18.3. The largest absolute Gasteiger partial charge is 0.370 e. The Labute approximate surface area is 405 Å². The average molecular weight is 981 g/mol. The number of guanidine groups is 1. The molecule has 2 aromatic carbocycles. The van der Waals surface area contributed by atoms with Crippen LogP contribution in [0.5, 0.6) is 0 Å². The molecule has 2 fully saturated rings. The van der Waals surface area contributed by atoms with Crippen molar-refractivity contribution in [1.82, 2.24) is 37.2 Å². The van der Waals surface area contributed by atoms with E-state index in [0.29, 0.717) is 24.8 Å². The number of hydrogen-bond acceptors (Lipinski definition) is 12. The molecule has 1 aliphatic carbocycles. The number of carbonyl (C=O) groups is 8. The summed E-state index contributed by atoms with van der Waals surface area (Å²) >= 11 is 0. The lowest BCUT2D eigenvalue weighted by Crippen LogP contribution is -2.61. The van der Waals surface area contributed by atoms with Gasteiger partial charge >= 0.3 is 0 Å². The summed E-state index contributed by atoms with van der Waals surface area (Å²) in [5.41, 5.74) is 23.7. The Morgan fingerprint density at radius 2 is 1.34 bits per heavy atom. The van der Waals surface area contributed by atoms with E-state index in [1.807, 2.05) is 36.4 Å². The first-order chi connectivity index (χ1) is 32.5. The zero-order valence-corrected chi connectivity index (χ0v) is 40.4. The van der Waals surface area contributed by atoms with Crippen molar-refractivity contribution in [3.63, 3.8) is 0 Å². The second-order valence-corrected chi connectivity index (χ2v) is 20.3. The second-order valence-electron chi connectivity index (χ2n) is 17.5. The van der Waals surface area contributed by atoms with Crippen LogP contribution in [0.25, 0.3) is 0 Å². The Morgan fingerprint density at radius 1 is 0.765 bits per heavy atom. The summed E-state index contributed by atoms with van der Waals surface area (Å²) in [4.78, 5) is 115. The van der Waals surface area contributed by atoms with E-state index in [2.05, 4.69) is 42.2 Å². The maximum absolute atomic E-state index is 14.4. The number of nitrogens with zero attached hydrogens (tertiary/aromatic N) is 1. The zero-order valence-electron chi connectivity index (χ0n) is 38.8. The van der Waals surface area contributed by atoms with Gasteiger partial charge in [0.2, 0.25) is 47.3 Å². The average Bonchev–Trinajstić information content (AvgIpc) is 3.29. The van der Waals surface area contributed by atoms with Crippen LogP contribution in [0.2, 0.25) is 0 Å². The Kier molecular flexibility index (Phi) is 22.4. The number of nitrogens with one attached hydrogen (secondary N) is 7. The predicted molar refractivity (Wildman–Crippen MR) is 263 cm³/mol. The summed E-state index contributed by atoms with van der Waals surface area (Å²) in [7, 11) is 2.64. The summed E-state index contributed by atoms with van der Waals surface area (Å²) in [5.74, 6) is -6.55. The maximum Gasteiger partial charge on any atom is 0.244 e. The topological polar surface area (TPSA) is 337 Å². The minimum atomic E-state index is -1.60. The monoisotopic (exact) mass is 980 g/mol. The van der Waals surface area contributed by atoms with Gasteiger partial charge in [0, 0.05) is 49.4 Å². The lowest BCUT2D eigenvalue weighted by atomic mass is 9.85. The summed E-state index contributed by atoms with van der Waals surface area (Å²) in [6, 6.07) is 10.4. The van der Waals surface area contributed by atoms with Gasteiger partial charge in [0.1, 0.15) is 36.3 Å². The highest BCUT2D eigenvalue weighted by Gasteiger charge is 2.39. The summed E-state index contributed by atoms with van der Waals surface area (Å²) < 4.78 is -0.646. The highest BCUT2D eigenvalue weighted by molar-refractivity contribution is 8.77. The van der Waals surface area contributed by atoms with Crippen LogP contribution >= 0.6 is 21.6 Å². The van der Waals surface area contributed by atoms with E-state index in [4.69, 9.17) is 22.9 Å². The van der Waals surface area contributed by atoms with Crippen LogP contribution < -0.4 is 60.2 Å². The number of hydrogen-bond donors (Lipinski definition) is 11. The zero-order chi connectivity index (χ0) is 49.6. The van der Waals surface area contributed by atoms with Gasteiger partial charge in [-0.3, -0.25) is 43.3 Å². The Morgan fingerprint density at radius 3 is 1.91 bits per heavy atom. The molecule has 15 N–H and O–H groups in total. The van der Waals surface area contributed by atoms with Crippen LogP contribution in [-0.2, 0) is 51.2 Å². The molecule has 0 radical (unpaired) electrons. The lowest BCUT2D eigenvalue weighted by molar-refractivity contribution is -0.136. The first kappa shape index (κ1) is 54.7. The molecule has 2 aliphatic rings. The summed E-state index contributed by atoms with van der Waals surface area (Å²) in [5, 5.41) is 19.2. The van der Waals surface area contributed by atoms with Crippen molar-refractivity contribution in [2.75, 3.05) is 25.4 Å². The van der Waals surface area contributed by atoms with E-state index in [1.54, 1.807) is 38.1 Å². The van der Waals surface area contributed by atoms with Crippen molar-refractivity contribution in [2.24, 2.45) is 33.8 Å². The van der Waals surface area contributed by atoms with E-state index in [0.717, 1.165) is 24.8 Å². The van der Waals surface area contributed by atoms with Crippen molar-refractivity contribution in [2.45, 2.75) is 125 Å². The highest BCUT2D eigenvalue weighted by Crippen LogP contribution is 2.48. The predicted octanol–water partition coefficient (Wildman–Crippen LogP) is -0.472. The molecule has 1 saturated heterocycles. The molecule has 1 heterocycles. The molecule has 372 valence electrons. The smallest absolute Gasteiger partial charge is 0.244 e. The van der Waals surface area contributed by atoms with Crippen molar-refractivity contribution in [3.05, 3.63) is 71.8 Å². The fraction of sp³-hybridized carbons (Fsp3) is 0.543. The maximum atomic E-state index is 14.4. The SMILES string of the molecule is CC(C)C1NC(=O)[C@H](Cc2ccccc2)NC(=O)C(Cc2ccccc2)NC(=O)CC2(CCCCC2)SSC[C@@H](C(=O)N[C@@H](CCCN=C(N)N)C(=O)NCCN)NC(=O)C(CC(N)=O)NC1=O. The number of benzene rings is 2. The molecule has 4 rings (SSSR count). The van der Waals surface area contributed by atoms with Gasteiger partial charge in [-0.05, 0) is 42.7 Å². The van der Waals surface area contributed by atoms with E-state index >= 15 is 0 Å². The van der Waals surface area contributed by atoms with Gasteiger partial charge in [0.15, 0.2) is 5.96 Å². The van der Waals surface area contributed by atoms with Crippen LogP contribution in [0.3, 0.4) is 0 Å². The molecule has 3 unspecified atom stereocenters. The molecular formula is C46H68N12O8S2. The van der Waals surface area contributed by atoms with Crippen LogP contribution in [-0.4, -0.2) is 120 Å². The highest BCUT2D eigenvalue weighted by atomic mass is 33.1. The molecule has 1 aliphatic heterocycles. The molecule has 2 aromatic rings. The Hall–Kier alpha value is -5.87. The van der Waals surface area contributed by atoms with Crippen molar-refractivity contribution in [1.29, 1.82) is 0 Å². The number of primary amides is 1. The van der Waals surface area contributed by atoms with Crippen molar-refractivity contribution in [3.8, 4) is 0 Å². The molecule has 1 saturated carbocycles. The van der Waals surface area contributed by atoms with Gasteiger partial charge in [-0.2, -0.15) is 0 Å². The van der Waals surface area contributed by atoms with E-state index in [-0.39, 0.29) is 57.0 Å². The van der Waals surface area contributed by atoms with E-state index < -0.39 is 101 Å². The van der Waals surface area contributed by atoms with Crippen LogP contribution in [0.15, 0.2) is 65.7 Å². The number of amides is 8. The molecule has 6 atom stereocenters. The van der Waals surface area contributed by atoms with Gasteiger partial charge in [-0.25, -0.2) is 0 Å². The normalized spacial score (nSPS) is 22.5. The van der Waals surface area contributed by atoms with Gasteiger partial charge in [-0.15, -0.1) is 0 Å². The standard InChI is InChI=1S/C46H68N12O8S2/c1-28(2)38-44(66)56-34(25-36(48)59)41(63)57-35(43(65)54-31(39(61)51-22-20-47)17-12-21-52-45(49)50)27-67-68-46(18-10-5-11-19-46)26-37(60)53-32(23-29-13-6-3-7-14-29)40(62)55-33(42(64)58-38)24-30-15-8-4-9-16-30/h3-4,6-9,13-16,28,31-35,38H,5,10-12,17-27,47H2,1-2H3,(H2,48,59)(H,51,61)(H,53,60)(H,54,65)(H,55,62)(H,56,66)(H,57,63)(H,58,64)(H4,49,50,52)/t31-,32?,33-,34?,35-,38?/m0/s1. The molecule has 0 bridgehead atoms. The Bertz CT molecular complexity index is 2060. The number of rotatable bonds is 16. The minimum Gasteiger partial charge on any atom is -0.370 e. The first-order valence-corrected chi connectivity index (χ1v) is 25.3. The quantitative estimate of drug-likeness (QED) is 0.0439. The molecule has 68 heavy (non-hydrogen) atoms. The van der Waals surface area contributed by atoms with Gasteiger partial charge < -0.3 is 60.2 Å². The molecule has 22 heteroatoms. The lowest BCUT2D eigenvalue weighted by Gasteiger charge is -2.36. The summed E-state index contributed by atoms with van der Waals surface area (Å²) in [6.45, 7) is 3.75. The number of carbonyl (C=O) groups excluding carboxylic acids is 8. The van der Waals surface area contributed by atoms with Gasteiger partial charge in [0.25, 0.3) is 0 Å². The van der Waals surface area contributed by atoms with Crippen LogP contribution in [0, 0.1) is 5.92 Å². The summed E-state index contributed by atoms with van der Waals surface area (Å²) in [6.07, 6.45) is 3.74. The second kappa shape index (κ2) is 27.8. The molecule has 8 amide bonds. The molecule has 1 spiro atoms. The molecular weight excluding hydrogens is 913 g/mol. The van der Waals surface area contributed by atoms with Crippen molar-refractivity contribution >= 4 is 74.8 Å². The fourth-order valence-corrected chi connectivity index (χ4v) is 11.3.